The molecule has 0 aliphatic rings. The molecular weight excluding hydrogens is 273 g/mol. The van der Waals surface area contributed by atoms with E-state index in [4.69, 9.17) is 0 Å². The van der Waals surface area contributed by atoms with Crippen LogP contribution in [-0.2, 0) is 0 Å². The van der Waals surface area contributed by atoms with Crippen LogP contribution in [0.4, 0.5) is 4.39 Å². The topological polar surface area (TPSA) is 68.0 Å². The molecule has 0 unspecified atom stereocenters. The Balaban J connectivity index is 2.13. The first kappa shape index (κ1) is 13.0. The number of halogens is 1. The third kappa shape index (κ3) is 2.51. The number of aromatic carboxylic acids is 1. The Morgan fingerprint density at radius 1 is 1.14 bits per heavy atom. The Morgan fingerprint density at radius 3 is 2.52 bits per heavy atom. The van der Waals surface area contributed by atoms with Crippen molar-refractivity contribution in [3.8, 4) is 17.1 Å². The summed E-state index contributed by atoms with van der Waals surface area (Å²) in [5.41, 5.74) is 1.35. The van der Waals surface area contributed by atoms with Crippen molar-refractivity contribution in [3.05, 3.63) is 66.2 Å². The maximum atomic E-state index is 12.9. The van der Waals surface area contributed by atoms with Crippen molar-refractivity contribution in [3.63, 3.8) is 0 Å². The van der Waals surface area contributed by atoms with Crippen molar-refractivity contribution < 1.29 is 14.3 Å². The zero-order valence-corrected chi connectivity index (χ0v) is 10.8. The highest BCUT2D eigenvalue weighted by Gasteiger charge is 2.18. The van der Waals surface area contributed by atoms with Crippen LogP contribution in [0.5, 0.6) is 0 Å². The minimum Gasteiger partial charge on any atom is -0.478 e. The molecule has 1 aromatic carbocycles. The van der Waals surface area contributed by atoms with Gasteiger partial charge in [-0.3, -0.25) is 4.98 Å². The molecule has 0 saturated heterocycles. The number of hydrogen-bond acceptors (Lipinski definition) is 3. The highest BCUT2D eigenvalue weighted by Crippen LogP contribution is 2.21. The number of benzene rings is 1. The summed E-state index contributed by atoms with van der Waals surface area (Å²) >= 11 is 0. The molecule has 0 amide bonds. The number of pyridine rings is 1. The van der Waals surface area contributed by atoms with Gasteiger partial charge >= 0.3 is 5.97 Å². The van der Waals surface area contributed by atoms with Crippen molar-refractivity contribution in [1.29, 1.82) is 0 Å². The van der Waals surface area contributed by atoms with Gasteiger partial charge in [0.2, 0.25) is 0 Å². The van der Waals surface area contributed by atoms with E-state index < -0.39 is 5.97 Å². The molecule has 0 fully saturated rings. The molecule has 2 heterocycles. The predicted molar refractivity (Wildman–Crippen MR) is 73.7 cm³/mol. The van der Waals surface area contributed by atoms with E-state index >= 15 is 0 Å². The molecule has 0 spiro atoms. The largest absolute Gasteiger partial charge is 0.478 e. The zero-order chi connectivity index (χ0) is 14.8. The van der Waals surface area contributed by atoms with E-state index in [1.807, 2.05) is 0 Å². The Bertz CT molecular complexity index is 782. The minimum absolute atomic E-state index is 0.0398. The first-order valence-corrected chi connectivity index (χ1v) is 6.15. The number of aromatic nitrogens is 3. The third-order valence-corrected chi connectivity index (χ3v) is 2.94. The lowest BCUT2D eigenvalue weighted by Crippen LogP contribution is -1.97. The van der Waals surface area contributed by atoms with Gasteiger partial charge in [0.25, 0.3) is 0 Å². The molecule has 0 saturated carbocycles. The Labute approximate surface area is 119 Å². The summed E-state index contributed by atoms with van der Waals surface area (Å²) in [6, 6.07) is 10.8. The van der Waals surface area contributed by atoms with Gasteiger partial charge in [-0.05, 0) is 36.4 Å². The number of rotatable bonds is 3. The summed E-state index contributed by atoms with van der Waals surface area (Å²) in [6.07, 6.45) is 2.96. The molecule has 1 N–H and O–H groups in total. The molecule has 3 aromatic rings. The number of carbonyl (C=O) groups is 1. The normalized spacial score (nSPS) is 10.5. The van der Waals surface area contributed by atoms with Gasteiger partial charge in [-0.15, -0.1) is 0 Å². The van der Waals surface area contributed by atoms with Crippen LogP contribution < -0.4 is 0 Å². The van der Waals surface area contributed by atoms with E-state index in [2.05, 4.69) is 10.1 Å². The van der Waals surface area contributed by atoms with Crippen LogP contribution in [0.2, 0.25) is 0 Å². The van der Waals surface area contributed by atoms with E-state index in [1.54, 1.807) is 24.4 Å². The highest BCUT2D eigenvalue weighted by atomic mass is 19.1. The van der Waals surface area contributed by atoms with E-state index in [0.29, 0.717) is 11.4 Å². The number of nitrogens with zero attached hydrogens (tertiary/aromatic N) is 3. The molecule has 5 nitrogen and oxygen atoms in total. The summed E-state index contributed by atoms with van der Waals surface area (Å²) in [4.78, 5) is 15.5. The average Bonchev–Trinajstić information content (AvgIpc) is 2.94. The van der Waals surface area contributed by atoms with Gasteiger partial charge in [0.05, 0.1) is 11.4 Å². The van der Waals surface area contributed by atoms with Gasteiger partial charge in [0, 0.05) is 12.4 Å². The summed E-state index contributed by atoms with van der Waals surface area (Å²) < 4.78 is 14.3. The molecular formula is C15H10FN3O2. The molecule has 0 aliphatic heterocycles. The quantitative estimate of drug-likeness (QED) is 0.802. The fraction of sp³-hybridized carbons (Fsp3) is 0. The number of hydrogen-bond donors (Lipinski definition) is 1. The minimum atomic E-state index is -1.09. The van der Waals surface area contributed by atoms with Crippen LogP contribution in [0.1, 0.15) is 10.4 Å². The van der Waals surface area contributed by atoms with Crippen LogP contribution in [-0.4, -0.2) is 25.8 Å². The van der Waals surface area contributed by atoms with E-state index in [0.717, 1.165) is 0 Å². The summed E-state index contributed by atoms with van der Waals surface area (Å²) in [5, 5.41) is 13.5. The monoisotopic (exact) mass is 283 g/mol. The molecule has 0 bridgehead atoms. The molecule has 0 aliphatic carbocycles. The van der Waals surface area contributed by atoms with Crippen LogP contribution in [0.25, 0.3) is 17.1 Å². The SMILES string of the molecule is O=C(O)c1cn(-c2ccc(F)cc2)nc1-c1ccccn1. The second-order valence-corrected chi connectivity index (χ2v) is 4.33. The first-order valence-electron chi connectivity index (χ1n) is 6.15. The molecule has 21 heavy (non-hydrogen) atoms. The average molecular weight is 283 g/mol. The fourth-order valence-corrected chi connectivity index (χ4v) is 1.95. The van der Waals surface area contributed by atoms with Crippen molar-refractivity contribution in [2.75, 3.05) is 0 Å². The second-order valence-electron chi connectivity index (χ2n) is 4.33. The molecule has 2 aromatic heterocycles. The third-order valence-electron chi connectivity index (χ3n) is 2.94. The lowest BCUT2D eigenvalue weighted by molar-refractivity contribution is 0.0697. The Morgan fingerprint density at radius 2 is 1.90 bits per heavy atom. The fourth-order valence-electron chi connectivity index (χ4n) is 1.95. The van der Waals surface area contributed by atoms with Gasteiger partial charge < -0.3 is 5.11 Å². The van der Waals surface area contributed by atoms with Crippen molar-refractivity contribution in [1.82, 2.24) is 14.8 Å². The van der Waals surface area contributed by atoms with Gasteiger partial charge in [0.1, 0.15) is 17.1 Å². The zero-order valence-electron chi connectivity index (χ0n) is 10.8. The van der Waals surface area contributed by atoms with Crippen molar-refractivity contribution in [2.24, 2.45) is 0 Å². The number of carboxylic acid groups (broad SMARTS) is 1. The van der Waals surface area contributed by atoms with Gasteiger partial charge in [-0.2, -0.15) is 5.10 Å². The van der Waals surface area contributed by atoms with Crippen molar-refractivity contribution in [2.45, 2.75) is 0 Å². The van der Waals surface area contributed by atoms with E-state index in [-0.39, 0.29) is 17.1 Å². The lowest BCUT2D eigenvalue weighted by Gasteiger charge is -2.00. The van der Waals surface area contributed by atoms with E-state index in [1.165, 1.54) is 35.1 Å². The van der Waals surface area contributed by atoms with Crippen LogP contribution in [0.15, 0.2) is 54.9 Å². The summed E-state index contributed by atoms with van der Waals surface area (Å²) in [6.45, 7) is 0. The molecule has 6 heteroatoms. The van der Waals surface area contributed by atoms with Gasteiger partial charge in [-0.25, -0.2) is 13.9 Å². The van der Waals surface area contributed by atoms with Gasteiger partial charge in [0.15, 0.2) is 0 Å². The lowest BCUT2D eigenvalue weighted by atomic mass is 10.2. The maximum absolute atomic E-state index is 12.9. The molecule has 0 radical (unpaired) electrons. The van der Waals surface area contributed by atoms with Gasteiger partial charge in [-0.1, -0.05) is 6.07 Å². The Hall–Kier alpha value is -3.02. The summed E-state index contributed by atoms with van der Waals surface area (Å²) in [7, 11) is 0. The Kier molecular flexibility index (Phi) is 3.19. The second kappa shape index (κ2) is 5.16. The standard InChI is InChI=1S/C15H10FN3O2/c16-10-4-6-11(7-5-10)19-9-12(15(20)21)14(18-19)13-3-1-2-8-17-13/h1-9H,(H,20,21). The first-order chi connectivity index (χ1) is 10.1. The number of carboxylic acids is 1. The molecule has 104 valence electrons. The maximum Gasteiger partial charge on any atom is 0.339 e. The van der Waals surface area contributed by atoms with E-state index in [9.17, 15) is 14.3 Å². The predicted octanol–water partition coefficient (Wildman–Crippen LogP) is 2.77. The van der Waals surface area contributed by atoms with Crippen molar-refractivity contribution >= 4 is 5.97 Å². The van der Waals surface area contributed by atoms with Crippen LogP contribution in [0, 0.1) is 5.82 Å². The molecule has 0 atom stereocenters. The summed E-state index contributed by atoms with van der Waals surface area (Å²) in [5.74, 6) is -1.46. The smallest absolute Gasteiger partial charge is 0.339 e. The molecule has 3 rings (SSSR count). The highest BCUT2D eigenvalue weighted by molar-refractivity contribution is 5.94. The van der Waals surface area contributed by atoms with Crippen LogP contribution >= 0.6 is 0 Å². The van der Waals surface area contributed by atoms with Crippen LogP contribution in [0.3, 0.4) is 0 Å².